The van der Waals surface area contributed by atoms with Crippen LogP contribution in [0.1, 0.15) is 49.0 Å². The number of nitrogens with zero attached hydrogens (tertiary/aromatic N) is 5. The first-order valence-corrected chi connectivity index (χ1v) is 12.5. The molecular weight excluding hydrogens is 476 g/mol. The van der Waals surface area contributed by atoms with Crippen LogP contribution in [-0.4, -0.2) is 47.0 Å². The number of carbonyl (C=O) groups excluding carboxylic acids is 1. The molecule has 3 aromatic heterocycles. The lowest BCUT2D eigenvalue weighted by Gasteiger charge is -2.29. The smallest absolute Gasteiger partial charge is 0.274 e. The lowest BCUT2D eigenvalue weighted by Crippen LogP contribution is -2.31. The van der Waals surface area contributed by atoms with E-state index in [-0.39, 0.29) is 5.91 Å². The summed E-state index contributed by atoms with van der Waals surface area (Å²) in [5.74, 6) is 0.576. The van der Waals surface area contributed by atoms with Gasteiger partial charge in [-0.2, -0.15) is 4.98 Å². The Labute approximate surface area is 194 Å². The molecule has 2 aliphatic rings. The largest absolute Gasteiger partial charge is 0.355 e. The summed E-state index contributed by atoms with van der Waals surface area (Å²) in [6.07, 6.45) is 7.22. The van der Waals surface area contributed by atoms with Gasteiger partial charge in [-0.1, -0.05) is 17.4 Å². The van der Waals surface area contributed by atoms with E-state index in [0.717, 1.165) is 66.0 Å². The standard InChI is InChI=1S/C22H25BrN6OS/c23-18-9-7-8-15(24-18)21(30)25-16-14-17-19(26-20(16)28-10-3-1-4-11-28)27-22(31-17)29-12-5-2-6-13-29/h7-9,14H,1-6,10-13H2,(H,25,30). The van der Waals surface area contributed by atoms with Gasteiger partial charge in [0.15, 0.2) is 16.6 Å². The highest BCUT2D eigenvalue weighted by Crippen LogP contribution is 2.36. The molecule has 0 bridgehead atoms. The predicted octanol–water partition coefficient (Wildman–Crippen LogP) is 5.08. The number of hydrogen-bond donors (Lipinski definition) is 1. The third kappa shape index (κ3) is 4.52. The van der Waals surface area contributed by atoms with Crippen LogP contribution in [0, 0.1) is 0 Å². The number of rotatable bonds is 4. The fraction of sp³-hybridized carbons (Fsp3) is 0.455. The maximum atomic E-state index is 12.9. The molecular formula is C22H25BrN6OS. The number of amides is 1. The molecule has 0 saturated carbocycles. The molecule has 162 valence electrons. The fourth-order valence-electron chi connectivity index (χ4n) is 4.22. The Balaban J connectivity index is 1.51. The zero-order valence-electron chi connectivity index (χ0n) is 17.3. The molecule has 5 rings (SSSR count). The molecule has 7 nitrogen and oxygen atoms in total. The van der Waals surface area contributed by atoms with Gasteiger partial charge < -0.3 is 15.1 Å². The minimum Gasteiger partial charge on any atom is -0.355 e. The monoisotopic (exact) mass is 500 g/mol. The topological polar surface area (TPSA) is 74.2 Å². The summed E-state index contributed by atoms with van der Waals surface area (Å²) in [4.78, 5) is 31.6. The Morgan fingerprint density at radius 3 is 2.35 bits per heavy atom. The van der Waals surface area contributed by atoms with Crippen LogP contribution in [0.3, 0.4) is 0 Å². The minimum absolute atomic E-state index is 0.235. The first-order valence-electron chi connectivity index (χ1n) is 10.9. The number of aromatic nitrogens is 3. The molecule has 0 aliphatic carbocycles. The predicted molar refractivity (Wildman–Crippen MR) is 129 cm³/mol. The molecule has 0 radical (unpaired) electrons. The Morgan fingerprint density at radius 1 is 0.935 bits per heavy atom. The van der Waals surface area contributed by atoms with E-state index < -0.39 is 0 Å². The first-order chi connectivity index (χ1) is 15.2. The maximum absolute atomic E-state index is 12.9. The summed E-state index contributed by atoms with van der Waals surface area (Å²) in [6.45, 7) is 3.99. The van der Waals surface area contributed by atoms with Gasteiger partial charge in [0, 0.05) is 26.2 Å². The molecule has 3 aromatic rings. The lowest BCUT2D eigenvalue weighted by molar-refractivity contribution is 0.102. The average molecular weight is 501 g/mol. The van der Waals surface area contributed by atoms with Crippen molar-refractivity contribution in [2.24, 2.45) is 0 Å². The number of nitrogens with one attached hydrogen (secondary N) is 1. The number of piperidine rings is 2. The Kier molecular flexibility index (Phi) is 6.04. The first kappa shape index (κ1) is 20.6. The SMILES string of the molecule is O=C(Nc1cc2sc(N3CCCCC3)nc2nc1N1CCCCC1)c1cccc(Br)n1. The summed E-state index contributed by atoms with van der Waals surface area (Å²) in [7, 11) is 0. The van der Waals surface area contributed by atoms with Crippen LogP contribution in [0.2, 0.25) is 0 Å². The van der Waals surface area contributed by atoms with Gasteiger partial charge in [-0.3, -0.25) is 4.79 Å². The van der Waals surface area contributed by atoms with E-state index in [0.29, 0.717) is 10.3 Å². The highest BCUT2D eigenvalue weighted by atomic mass is 79.9. The normalized spacial score (nSPS) is 17.2. The van der Waals surface area contributed by atoms with Crippen molar-refractivity contribution in [3.8, 4) is 0 Å². The molecule has 0 spiro atoms. The number of halogens is 1. The number of hydrogen-bond acceptors (Lipinski definition) is 7. The molecule has 1 N–H and O–H groups in total. The van der Waals surface area contributed by atoms with E-state index in [1.807, 2.05) is 18.2 Å². The van der Waals surface area contributed by atoms with Crippen molar-refractivity contribution in [2.75, 3.05) is 41.3 Å². The van der Waals surface area contributed by atoms with Gasteiger partial charge in [-0.05, 0) is 72.7 Å². The van der Waals surface area contributed by atoms with Crippen LogP contribution in [0.15, 0.2) is 28.9 Å². The van der Waals surface area contributed by atoms with Crippen molar-refractivity contribution in [2.45, 2.75) is 38.5 Å². The van der Waals surface area contributed by atoms with E-state index in [1.54, 1.807) is 17.4 Å². The molecule has 1 amide bonds. The van der Waals surface area contributed by atoms with Crippen LogP contribution in [0.4, 0.5) is 16.6 Å². The molecule has 0 unspecified atom stereocenters. The second kappa shape index (κ2) is 9.08. The zero-order chi connectivity index (χ0) is 21.2. The number of carbonyl (C=O) groups is 1. The number of pyridine rings is 2. The van der Waals surface area contributed by atoms with Crippen molar-refractivity contribution >= 4 is 60.2 Å². The highest BCUT2D eigenvalue weighted by Gasteiger charge is 2.22. The molecule has 5 heterocycles. The highest BCUT2D eigenvalue weighted by molar-refractivity contribution is 9.10. The van der Waals surface area contributed by atoms with Crippen molar-refractivity contribution in [1.29, 1.82) is 0 Å². The van der Waals surface area contributed by atoms with Crippen LogP contribution < -0.4 is 15.1 Å². The van der Waals surface area contributed by atoms with Gasteiger partial charge >= 0.3 is 0 Å². The number of thiazole rings is 1. The molecule has 0 atom stereocenters. The maximum Gasteiger partial charge on any atom is 0.274 e. The van der Waals surface area contributed by atoms with E-state index in [9.17, 15) is 4.79 Å². The van der Waals surface area contributed by atoms with Gasteiger partial charge in [-0.15, -0.1) is 0 Å². The second-order valence-corrected chi connectivity index (χ2v) is 9.89. The van der Waals surface area contributed by atoms with Gasteiger partial charge in [0.2, 0.25) is 0 Å². The van der Waals surface area contributed by atoms with Crippen LogP contribution >= 0.6 is 27.3 Å². The fourth-order valence-corrected chi connectivity index (χ4v) is 5.57. The summed E-state index contributed by atoms with van der Waals surface area (Å²) < 4.78 is 1.64. The van der Waals surface area contributed by atoms with Gasteiger partial charge in [-0.25, -0.2) is 9.97 Å². The van der Waals surface area contributed by atoms with Crippen molar-refractivity contribution < 1.29 is 4.79 Å². The van der Waals surface area contributed by atoms with E-state index in [1.165, 1.54) is 25.7 Å². The molecule has 9 heteroatoms. The molecule has 2 saturated heterocycles. The average Bonchev–Trinajstić information content (AvgIpc) is 3.23. The number of anilines is 3. The molecule has 31 heavy (non-hydrogen) atoms. The van der Waals surface area contributed by atoms with Crippen LogP contribution in [0.25, 0.3) is 10.3 Å². The summed E-state index contributed by atoms with van der Waals surface area (Å²) in [6, 6.07) is 7.37. The quantitative estimate of drug-likeness (QED) is 0.503. The Hall–Kier alpha value is -2.26. The van der Waals surface area contributed by atoms with Crippen LogP contribution in [-0.2, 0) is 0 Å². The third-order valence-corrected chi connectivity index (χ3v) is 7.32. The summed E-state index contributed by atoms with van der Waals surface area (Å²) >= 11 is 5.00. The zero-order valence-corrected chi connectivity index (χ0v) is 19.7. The van der Waals surface area contributed by atoms with Crippen molar-refractivity contribution in [3.63, 3.8) is 0 Å². The third-order valence-electron chi connectivity index (χ3n) is 5.83. The van der Waals surface area contributed by atoms with Gasteiger partial charge in [0.05, 0.1) is 10.4 Å². The number of fused-ring (bicyclic) bond motifs is 1. The Bertz CT molecular complexity index is 1090. The van der Waals surface area contributed by atoms with E-state index >= 15 is 0 Å². The molecule has 2 fully saturated rings. The van der Waals surface area contributed by atoms with Crippen molar-refractivity contribution in [1.82, 2.24) is 15.0 Å². The summed E-state index contributed by atoms with van der Waals surface area (Å²) in [5, 5.41) is 4.10. The molecule has 2 aliphatic heterocycles. The van der Waals surface area contributed by atoms with Gasteiger partial charge in [0.25, 0.3) is 5.91 Å². The van der Waals surface area contributed by atoms with Crippen molar-refractivity contribution in [3.05, 3.63) is 34.6 Å². The second-order valence-electron chi connectivity index (χ2n) is 8.07. The van der Waals surface area contributed by atoms with Crippen LogP contribution in [0.5, 0.6) is 0 Å². The van der Waals surface area contributed by atoms with E-state index in [4.69, 9.17) is 9.97 Å². The molecule has 0 aromatic carbocycles. The van der Waals surface area contributed by atoms with E-state index in [2.05, 4.69) is 36.0 Å². The summed E-state index contributed by atoms with van der Waals surface area (Å²) in [5.41, 5.74) is 1.87. The Morgan fingerprint density at radius 2 is 1.65 bits per heavy atom. The van der Waals surface area contributed by atoms with Gasteiger partial charge in [0.1, 0.15) is 10.3 Å². The minimum atomic E-state index is -0.235. The lowest BCUT2D eigenvalue weighted by atomic mass is 10.1.